The van der Waals surface area contributed by atoms with E-state index in [0.717, 1.165) is 73.8 Å². The van der Waals surface area contributed by atoms with E-state index in [9.17, 15) is 0 Å². The molecular formula is C59H44BN3O2. The minimum absolute atomic E-state index is 0.0750. The van der Waals surface area contributed by atoms with E-state index in [4.69, 9.17) is 9.47 Å². The van der Waals surface area contributed by atoms with Gasteiger partial charge in [-0.15, -0.1) is 0 Å². The Balaban J connectivity index is 1.02. The summed E-state index contributed by atoms with van der Waals surface area (Å²) in [6.45, 7) is 8.88. The van der Waals surface area contributed by atoms with Gasteiger partial charge in [0.15, 0.2) is 0 Å². The Kier molecular flexibility index (Phi) is 8.11. The highest BCUT2D eigenvalue weighted by atomic mass is 16.5. The molecule has 1 aromatic heterocycles. The highest BCUT2D eigenvalue weighted by molar-refractivity contribution is 6.99. The summed E-state index contributed by atoms with van der Waals surface area (Å²) in [4.78, 5) is 4.80. The first-order valence-electron chi connectivity index (χ1n) is 22.5. The van der Waals surface area contributed by atoms with E-state index in [-0.39, 0.29) is 12.1 Å². The van der Waals surface area contributed by atoms with E-state index in [2.05, 4.69) is 230 Å². The van der Waals surface area contributed by atoms with Crippen molar-refractivity contribution in [3.63, 3.8) is 0 Å². The molecule has 0 aliphatic carbocycles. The highest BCUT2D eigenvalue weighted by Crippen LogP contribution is 2.51. The molecule has 0 unspecified atom stereocenters. The third-order valence-corrected chi connectivity index (χ3v) is 14.2. The number of fused-ring (bicyclic) bond motifs is 9. The predicted octanol–water partition coefficient (Wildman–Crippen LogP) is 13.7. The molecular weight excluding hydrogens is 793 g/mol. The summed E-state index contributed by atoms with van der Waals surface area (Å²) in [5.74, 6) is 3.53. The number of aryl methyl sites for hydroxylation is 2. The number of hydrogen-bond acceptors (Lipinski definition) is 4. The van der Waals surface area contributed by atoms with Gasteiger partial charge in [0.1, 0.15) is 23.0 Å². The number of nitrogens with zero attached hydrogens (tertiary/aromatic N) is 3. The molecule has 3 aliphatic heterocycles. The summed E-state index contributed by atoms with van der Waals surface area (Å²) >= 11 is 0. The second-order valence-electron chi connectivity index (χ2n) is 18.2. The molecule has 0 spiro atoms. The lowest BCUT2D eigenvalue weighted by Crippen LogP contribution is -2.59. The fourth-order valence-corrected chi connectivity index (χ4v) is 10.9. The first-order valence-corrected chi connectivity index (χ1v) is 22.5. The Bertz CT molecular complexity index is 3580. The average molecular weight is 838 g/mol. The van der Waals surface area contributed by atoms with Crippen molar-refractivity contribution in [3.8, 4) is 28.7 Å². The molecule has 0 atom stereocenters. The van der Waals surface area contributed by atoms with Crippen molar-refractivity contribution >= 4 is 79.0 Å². The monoisotopic (exact) mass is 837 g/mol. The van der Waals surface area contributed by atoms with Gasteiger partial charge in [-0.1, -0.05) is 111 Å². The molecule has 6 heteroatoms. The molecule has 13 rings (SSSR count). The number of rotatable bonds is 5. The van der Waals surface area contributed by atoms with Gasteiger partial charge in [-0.2, -0.15) is 0 Å². The van der Waals surface area contributed by atoms with E-state index in [1.54, 1.807) is 0 Å². The minimum Gasteiger partial charge on any atom is -0.458 e. The SMILES string of the molecule is Cc1ccc(N(c2ccc3c(c2)Oc2cccc4c2B3c2cc3c5ccccc5n(-c5ccccc5)c3cc2N4c2ccccc2)c2ccc3c(c2)C(C)(C)c2ccccc2O3)cc1C. The molecule has 10 aromatic rings. The van der Waals surface area contributed by atoms with Crippen molar-refractivity contribution in [2.45, 2.75) is 33.1 Å². The van der Waals surface area contributed by atoms with E-state index in [1.165, 1.54) is 49.4 Å². The fraction of sp³-hybridized carbons (Fsp3) is 0.0847. The number of ether oxygens (including phenoxy) is 2. The zero-order valence-electron chi connectivity index (χ0n) is 36.7. The minimum atomic E-state index is -0.268. The molecule has 310 valence electrons. The van der Waals surface area contributed by atoms with E-state index < -0.39 is 0 Å². The van der Waals surface area contributed by atoms with Crippen LogP contribution in [0.1, 0.15) is 36.1 Å². The van der Waals surface area contributed by atoms with Crippen LogP contribution in [-0.4, -0.2) is 11.3 Å². The lowest BCUT2D eigenvalue weighted by atomic mass is 9.34. The summed E-state index contributed by atoms with van der Waals surface area (Å²) in [6.07, 6.45) is 0. The number of anilines is 6. The molecule has 4 heterocycles. The molecule has 0 amide bonds. The second kappa shape index (κ2) is 14.0. The highest BCUT2D eigenvalue weighted by Gasteiger charge is 2.43. The largest absolute Gasteiger partial charge is 0.458 e. The van der Waals surface area contributed by atoms with Crippen molar-refractivity contribution in [1.29, 1.82) is 0 Å². The topological polar surface area (TPSA) is 29.9 Å². The van der Waals surface area contributed by atoms with Gasteiger partial charge in [-0.3, -0.25) is 0 Å². The van der Waals surface area contributed by atoms with Gasteiger partial charge in [-0.25, -0.2) is 0 Å². The molecule has 5 nitrogen and oxygen atoms in total. The summed E-state index contributed by atoms with van der Waals surface area (Å²) < 4.78 is 16.1. The zero-order chi connectivity index (χ0) is 43.6. The lowest BCUT2D eigenvalue weighted by Gasteiger charge is -2.40. The van der Waals surface area contributed by atoms with Gasteiger partial charge >= 0.3 is 0 Å². The molecule has 0 bridgehead atoms. The quantitative estimate of drug-likeness (QED) is 0.162. The Morgan fingerprint density at radius 2 is 1.11 bits per heavy atom. The Morgan fingerprint density at radius 1 is 0.446 bits per heavy atom. The molecule has 0 saturated carbocycles. The molecule has 0 radical (unpaired) electrons. The third-order valence-electron chi connectivity index (χ3n) is 14.2. The van der Waals surface area contributed by atoms with Crippen molar-refractivity contribution in [1.82, 2.24) is 4.57 Å². The summed E-state index contributed by atoms with van der Waals surface area (Å²) in [6, 6.07) is 70.3. The van der Waals surface area contributed by atoms with E-state index in [1.807, 2.05) is 6.07 Å². The van der Waals surface area contributed by atoms with Crippen molar-refractivity contribution < 1.29 is 9.47 Å². The lowest BCUT2D eigenvalue weighted by molar-refractivity contribution is 0.418. The van der Waals surface area contributed by atoms with Crippen molar-refractivity contribution in [2.75, 3.05) is 9.80 Å². The predicted molar refractivity (Wildman–Crippen MR) is 269 cm³/mol. The maximum absolute atomic E-state index is 7.13. The number of para-hydroxylation sites is 4. The Morgan fingerprint density at radius 3 is 1.94 bits per heavy atom. The number of aromatic nitrogens is 1. The molecule has 0 N–H and O–H groups in total. The van der Waals surface area contributed by atoms with Crippen LogP contribution in [0.4, 0.5) is 34.1 Å². The van der Waals surface area contributed by atoms with Crippen LogP contribution in [0.15, 0.2) is 194 Å². The third kappa shape index (κ3) is 5.60. The maximum atomic E-state index is 7.13. The fourth-order valence-electron chi connectivity index (χ4n) is 10.9. The summed E-state index contributed by atoms with van der Waals surface area (Å²) in [5, 5.41) is 2.46. The number of hydrogen-bond donors (Lipinski definition) is 0. The Labute approximate surface area is 379 Å². The van der Waals surface area contributed by atoms with Gasteiger partial charge in [-0.05, 0) is 132 Å². The van der Waals surface area contributed by atoms with Crippen LogP contribution in [0.5, 0.6) is 23.0 Å². The van der Waals surface area contributed by atoms with Gasteiger partial charge in [0.05, 0.1) is 11.0 Å². The van der Waals surface area contributed by atoms with Crippen molar-refractivity contribution in [3.05, 3.63) is 216 Å². The van der Waals surface area contributed by atoms with Gasteiger partial charge in [0, 0.05) is 73.2 Å². The normalized spacial score (nSPS) is 13.8. The van der Waals surface area contributed by atoms with Gasteiger partial charge in [0.25, 0.3) is 6.71 Å². The van der Waals surface area contributed by atoms with Gasteiger partial charge < -0.3 is 23.8 Å². The first-order chi connectivity index (χ1) is 31.8. The van der Waals surface area contributed by atoms with Crippen LogP contribution in [0, 0.1) is 13.8 Å². The van der Waals surface area contributed by atoms with Crippen LogP contribution in [0.25, 0.3) is 27.5 Å². The summed E-state index contributed by atoms with van der Waals surface area (Å²) in [7, 11) is 0. The molecule has 9 aromatic carbocycles. The zero-order valence-corrected chi connectivity index (χ0v) is 36.7. The average Bonchev–Trinajstić information content (AvgIpc) is 3.66. The van der Waals surface area contributed by atoms with Crippen molar-refractivity contribution in [2.24, 2.45) is 0 Å². The molecule has 3 aliphatic rings. The van der Waals surface area contributed by atoms with Gasteiger partial charge in [0.2, 0.25) is 0 Å². The smallest absolute Gasteiger partial charge is 0.256 e. The van der Waals surface area contributed by atoms with E-state index >= 15 is 0 Å². The molecule has 0 saturated heterocycles. The van der Waals surface area contributed by atoms with E-state index in [0.29, 0.717) is 0 Å². The van der Waals surface area contributed by atoms with Crippen LogP contribution >= 0.6 is 0 Å². The maximum Gasteiger partial charge on any atom is 0.256 e. The molecule has 65 heavy (non-hydrogen) atoms. The Hall–Kier alpha value is -7.96. The first kappa shape index (κ1) is 37.6. The number of benzene rings is 9. The summed E-state index contributed by atoms with van der Waals surface area (Å²) in [5.41, 5.74) is 18.2. The van der Waals surface area contributed by atoms with Crippen LogP contribution < -0.4 is 35.7 Å². The molecule has 0 fully saturated rings. The van der Waals surface area contributed by atoms with Crippen LogP contribution in [-0.2, 0) is 5.41 Å². The van der Waals surface area contributed by atoms with Crippen LogP contribution in [0.3, 0.4) is 0 Å². The standard InChI is InChI=1S/C59H44BN3O2/c1-37-26-27-41(32-38(37)2)61(42-29-31-55-47(33-42)59(3,4)46-21-12-14-24-54(46)64-55)43-28-30-48-57(34-43)65-56-25-15-23-51-58(56)60(48)49-35-45-44-20-11-13-22-50(44)62(39-16-7-5-8-17-39)52(45)36-53(49)63(51)40-18-9-6-10-19-40/h5-36H,1-4H3. The second-order valence-corrected chi connectivity index (χ2v) is 18.2. The van der Waals surface area contributed by atoms with Crippen LogP contribution in [0.2, 0.25) is 0 Å².